The number of benzene rings is 2. The minimum atomic E-state index is 0.0930. The lowest BCUT2D eigenvalue weighted by Gasteiger charge is -2.26. The van der Waals surface area contributed by atoms with Crippen LogP contribution in [0, 0.1) is 0 Å². The maximum absolute atomic E-state index is 12.5. The number of rotatable bonds is 5. The number of carbonyl (C=O) groups excluding carboxylic acids is 1. The van der Waals surface area contributed by atoms with E-state index in [-0.39, 0.29) is 5.91 Å². The van der Waals surface area contributed by atoms with Gasteiger partial charge in [-0.1, -0.05) is 0 Å². The van der Waals surface area contributed by atoms with Crippen molar-refractivity contribution in [3.8, 4) is 11.5 Å². The van der Waals surface area contributed by atoms with Crippen molar-refractivity contribution in [1.82, 2.24) is 4.90 Å². The van der Waals surface area contributed by atoms with E-state index >= 15 is 0 Å². The van der Waals surface area contributed by atoms with Crippen LogP contribution in [0.3, 0.4) is 0 Å². The van der Waals surface area contributed by atoms with Crippen LogP contribution in [0.5, 0.6) is 11.5 Å². The Morgan fingerprint density at radius 3 is 2.04 bits per heavy atom. The Kier molecular flexibility index (Phi) is 6.71. The van der Waals surface area contributed by atoms with Crippen LogP contribution in [-0.2, 0) is 0 Å². The smallest absolute Gasteiger partial charge is 0.253 e. The zero-order valence-corrected chi connectivity index (χ0v) is 17.0. The van der Waals surface area contributed by atoms with E-state index in [2.05, 4.69) is 10.6 Å². The Hall–Kier alpha value is -2.80. The van der Waals surface area contributed by atoms with Gasteiger partial charge in [0.1, 0.15) is 11.5 Å². The lowest BCUT2D eigenvalue weighted by Crippen LogP contribution is -2.35. The van der Waals surface area contributed by atoms with E-state index in [4.69, 9.17) is 21.7 Å². The number of nitrogens with zero attached hydrogens (tertiary/aromatic N) is 1. The Labute approximate surface area is 170 Å². The summed E-state index contributed by atoms with van der Waals surface area (Å²) in [6.07, 6.45) is 3.37. The number of nitrogens with one attached hydrogen (secondary N) is 2. The molecule has 3 rings (SSSR count). The molecule has 1 heterocycles. The highest BCUT2D eigenvalue weighted by Crippen LogP contribution is 2.26. The van der Waals surface area contributed by atoms with Crippen molar-refractivity contribution in [2.45, 2.75) is 19.3 Å². The normalized spacial score (nSPS) is 13.6. The summed E-state index contributed by atoms with van der Waals surface area (Å²) >= 11 is 5.38. The lowest BCUT2D eigenvalue weighted by atomic mass is 10.1. The van der Waals surface area contributed by atoms with Crippen molar-refractivity contribution < 1.29 is 14.3 Å². The highest BCUT2D eigenvalue weighted by atomic mass is 32.1. The summed E-state index contributed by atoms with van der Waals surface area (Å²) in [6.45, 7) is 1.69. The second-order valence-corrected chi connectivity index (χ2v) is 7.02. The summed E-state index contributed by atoms with van der Waals surface area (Å²) in [5.74, 6) is 1.44. The molecule has 28 heavy (non-hydrogen) atoms. The summed E-state index contributed by atoms with van der Waals surface area (Å²) < 4.78 is 10.5. The zero-order chi connectivity index (χ0) is 19.9. The SMILES string of the molecule is COc1cc(NC(=S)Nc2ccc(C(=O)N3CCCCC3)cc2)cc(OC)c1. The highest BCUT2D eigenvalue weighted by molar-refractivity contribution is 7.80. The van der Waals surface area contributed by atoms with E-state index in [1.807, 2.05) is 41.3 Å². The van der Waals surface area contributed by atoms with Crippen molar-refractivity contribution in [2.24, 2.45) is 0 Å². The standard InChI is InChI=1S/C21H25N3O3S/c1-26-18-12-17(13-19(14-18)27-2)23-21(28)22-16-8-6-15(7-9-16)20(25)24-10-4-3-5-11-24/h6-9,12-14H,3-5,10-11H2,1-2H3,(H2,22,23,28). The third-order valence-corrected chi connectivity index (χ3v) is 4.85. The molecule has 7 heteroatoms. The number of carbonyl (C=O) groups is 1. The van der Waals surface area contributed by atoms with Gasteiger partial charge in [0.25, 0.3) is 5.91 Å². The molecule has 1 aliphatic rings. The van der Waals surface area contributed by atoms with E-state index < -0.39 is 0 Å². The Bertz CT molecular complexity index is 811. The molecule has 0 radical (unpaired) electrons. The molecular formula is C21H25N3O3S. The monoisotopic (exact) mass is 399 g/mol. The predicted molar refractivity (Wildman–Crippen MR) is 116 cm³/mol. The minimum Gasteiger partial charge on any atom is -0.497 e. The first-order valence-corrected chi connectivity index (χ1v) is 9.70. The highest BCUT2D eigenvalue weighted by Gasteiger charge is 2.17. The van der Waals surface area contributed by atoms with Gasteiger partial charge in [0.15, 0.2) is 5.11 Å². The van der Waals surface area contributed by atoms with Crippen molar-refractivity contribution >= 4 is 34.6 Å². The van der Waals surface area contributed by atoms with Crippen molar-refractivity contribution in [2.75, 3.05) is 37.9 Å². The summed E-state index contributed by atoms with van der Waals surface area (Å²) in [5.41, 5.74) is 2.26. The van der Waals surface area contributed by atoms with Crippen LogP contribution < -0.4 is 20.1 Å². The first kappa shape index (κ1) is 19.9. The van der Waals surface area contributed by atoms with Gasteiger partial charge in [0.2, 0.25) is 0 Å². The quantitative estimate of drug-likeness (QED) is 0.737. The second kappa shape index (κ2) is 9.41. The van der Waals surface area contributed by atoms with Gasteiger partial charge in [0, 0.05) is 48.2 Å². The number of amides is 1. The van der Waals surface area contributed by atoms with Gasteiger partial charge in [-0.15, -0.1) is 0 Å². The maximum Gasteiger partial charge on any atom is 0.253 e. The number of likely N-dealkylation sites (tertiary alicyclic amines) is 1. The van der Waals surface area contributed by atoms with Gasteiger partial charge >= 0.3 is 0 Å². The number of hydrogen-bond donors (Lipinski definition) is 2. The molecule has 2 aromatic carbocycles. The van der Waals surface area contributed by atoms with Gasteiger partial charge in [0.05, 0.1) is 14.2 Å². The first-order chi connectivity index (χ1) is 13.6. The van der Waals surface area contributed by atoms with Crippen LogP contribution in [0.25, 0.3) is 0 Å². The second-order valence-electron chi connectivity index (χ2n) is 6.61. The number of piperidine rings is 1. The van der Waals surface area contributed by atoms with Crippen LogP contribution >= 0.6 is 12.2 Å². The minimum absolute atomic E-state index is 0.0930. The van der Waals surface area contributed by atoms with E-state index in [1.165, 1.54) is 6.42 Å². The van der Waals surface area contributed by atoms with Crippen LogP contribution in [-0.4, -0.2) is 43.2 Å². The molecule has 0 spiro atoms. The summed E-state index contributed by atoms with van der Waals surface area (Å²) in [6, 6.07) is 12.8. The molecule has 2 N–H and O–H groups in total. The van der Waals surface area contributed by atoms with Crippen molar-refractivity contribution in [3.63, 3.8) is 0 Å². The molecule has 0 bridgehead atoms. The Morgan fingerprint density at radius 1 is 0.893 bits per heavy atom. The van der Waals surface area contributed by atoms with E-state index in [1.54, 1.807) is 20.3 Å². The van der Waals surface area contributed by atoms with E-state index in [9.17, 15) is 4.79 Å². The molecule has 0 unspecified atom stereocenters. The molecule has 1 amide bonds. The molecule has 1 saturated heterocycles. The third kappa shape index (κ3) is 5.13. The van der Waals surface area contributed by atoms with Crippen LogP contribution in [0.4, 0.5) is 11.4 Å². The zero-order valence-electron chi connectivity index (χ0n) is 16.2. The topological polar surface area (TPSA) is 62.8 Å². The lowest BCUT2D eigenvalue weighted by molar-refractivity contribution is 0.0724. The summed E-state index contributed by atoms with van der Waals surface area (Å²) in [4.78, 5) is 14.5. The molecule has 148 valence electrons. The number of methoxy groups -OCH3 is 2. The predicted octanol–water partition coefficient (Wildman–Crippen LogP) is 4.14. The largest absolute Gasteiger partial charge is 0.497 e. The van der Waals surface area contributed by atoms with Crippen LogP contribution in [0.2, 0.25) is 0 Å². The fraction of sp³-hybridized carbons (Fsp3) is 0.333. The fourth-order valence-electron chi connectivity index (χ4n) is 3.15. The summed E-state index contributed by atoms with van der Waals surface area (Å²) in [7, 11) is 3.20. The third-order valence-electron chi connectivity index (χ3n) is 4.64. The molecule has 6 nitrogen and oxygen atoms in total. The maximum atomic E-state index is 12.5. The average molecular weight is 400 g/mol. The molecule has 0 saturated carbocycles. The van der Waals surface area contributed by atoms with E-state index in [0.29, 0.717) is 22.2 Å². The molecule has 1 aliphatic heterocycles. The molecule has 1 fully saturated rings. The Balaban J connectivity index is 1.60. The van der Waals surface area contributed by atoms with Crippen LogP contribution in [0.1, 0.15) is 29.6 Å². The van der Waals surface area contributed by atoms with Gasteiger partial charge in [-0.3, -0.25) is 4.79 Å². The molecule has 0 atom stereocenters. The molecule has 0 aromatic heterocycles. The van der Waals surface area contributed by atoms with Crippen LogP contribution in [0.15, 0.2) is 42.5 Å². The van der Waals surface area contributed by atoms with Crippen molar-refractivity contribution in [3.05, 3.63) is 48.0 Å². The van der Waals surface area contributed by atoms with Gasteiger partial charge < -0.3 is 25.0 Å². The number of anilines is 2. The molecule has 0 aliphatic carbocycles. The Morgan fingerprint density at radius 2 is 1.46 bits per heavy atom. The van der Waals surface area contributed by atoms with Crippen molar-refractivity contribution in [1.29, 1.82) is 0 Å². The average Bonchev–Trinajstić information content (AvgIpc) is 2.74. The number of hydrogen-bond acceptors (Lipinski definition) is 4. The van der Waals surface area contributed by atoms with Gasteiger partial charge in [-0.25, -0.2) is 0 Å². The number of ether oxygens (including phenoxy) is 2. The van der Waals surface area contributed by atoms with Gasteiger partial charge in [-0.2, -0.15) is 0 Å². The molecule has 2 aromatic rings. The van der Waals surface area contributed by atoms with E-state index in [0.717, 1.165) is 37.3 Å². The molecular weight excluding hydrogens is 374 g/mol. The first-order valence-electron chi connectivity index (χ1n) is 9.29. The summed E-state index contributed by atoms with van der Waals surface area (Å²) in [5, 5.41) is 6.67. The fourth-order valence-corrected chi connectivity index (χ4v) is 3.38. The number of thiocarbonyl (C=S) groups is 1. The van der Waals surface area contributed by atoms with Gasteiger partial charge in [-0.05, 0) is 55.7 Å².